The molecule has 3 amide bonds. The lowest BCUT2D eigenvalue weighted by molar-refractivity contribution is -0.133. The molecule has 0 aliphatic carbocycles. The van der Waals surface area contributed by atoms with Gasteiger partial charge in [-0.25, -0.2) is 13.2 Å². The van der Waals surface area contributed by atoms with E-state index in [2.05, 4.69) is 21.2 Å². The lowest BCUT2D eigenvalue weighted by Crippen LogP contribution is -2.55. The molecule has 148 valence electrons. The smallest absolute Gasteiger partial charge is 0.324 e. The summed E-state index contributed by atoms with van der Waals surface area (Å²) in [5.41, 5.74) is 0. The molecular weight excluding hydrogens is 460 g/mol. The predicted molar refractivity (Wildman–Crippen MR) is 104 cm³/mol. The van der Waals surface area contributed by atoms with Crippen molar-refractivity contribution in [2.75, 3.05) is 39.3 Å². The van der Waals surface area contributed by atoms with Gasteiger partial charge in [-0.1, -0.05) is 27.5 Å². The van der Waals surface area contributed by atoms with Crippen LogP contribution >= 0.6 is 27.5 Å². The Labute approximate surface area is 171 Å². The second kappa shape index (κ2) is 8.04. The molecule has 2 aliphatic rings. The highest BCUT2D eigenvalue weighted by Gasteiger charge is 2.36. The zero-order chi connectivity index (χ0) is 19.8. The van der Waals surface area contributed by atoms with Gasteiger partial charge in [0.1, 0.15) is 4.90 Å². The average molecular weight is 480 g/mol. The van der Waals surface area contributed by atoms with Gasteiger partial charge in [0, 0.05) is 43.7 Å². The first-order chi connectivity index (χ1) is 12.7. The van der Waals surface area contributed by atoms with E-state index in [0.29, 0.717) is 30.7 Å². The fourth-order valence-corrected chi connectivity index (χ4v) is 5.65. The van der Waals surface area contributed by atoms with Gasteiger partial charge >= 0.3 is 6.03 Å². The molecule has 2 saturated heterocycles. The Morgan fingerprint density at radius 1 is 1.22 bits per heavy atom. The average Bonchev–Trinajstić information content (AvgIpc) is 3.06. The molecule has 0 saturated carbocycles. The van der Waals surface area contributed by atoms with Crippen LogP contribution in [0.15, 0.2) is 27.6 Å². The van der Waals surface area contributed by atoms with E-state index in [0.717, 1.165) is 0 Å². The van der Waals surface area contributed by atoms with E-state index in [1.807, 2.05) is 4.90 Å². The van der Waals surface area contributed by atoms with E-state index >= 15 is 0 Å². The molecule has 8 nitrogen and oxygen atoms in total. The van der Waals surface area contributed by atoms with Crippen molar-refractivity contribution in [1.29, 1.82) is 0 Å². The summed E-state index contributed by atoms with van der Waals surface area (Å²) in [4.78, 5) is 27.3. The van der Waals surface area contributed by atoms with Gasteiger partial charge in [-0.05, 0) is 25.1 Å². The molecule has 3 rings (SSSR count). The van der Waals surface area contributed by atoms with Crippen molar-refractivity contribution >= 4 is 49.5 Å². The minimum absolute atomic E-state index is 0.0682. The number of carbonyl (C=O) groups is 2. The van der Waals surface area contributed by atoms with Crippen LogP contribution in [-0.2, 0) is 14.8 Å². The first-order valence-corrected chi connectivity index (χ1v) is 11.1. The van der Waals surface area contributed by atoms with Gasteiger partial charge in [0.2, 0.25) is 15.9 Å². The molecule has 0 radical (unpaired) electrons. The van der Waals surface area contributed by atoms with Crippen LogP contribution in [0.3, 0.4) is 0 Å². The summed E-state index contributed by atoms with van der Waals surface area (Å²) in [7, 11) is -3.71. The van der Waals surface area contributed by atoms with Crippen molar-refractivity contribution in [2.24, 2.45) is 0 Å². The molecule has 2 heterocycles. The van der Waals surface area contributed by atoms with Gasteiger partial charge in [-0.15, -0.1) is 0 Å². The van der Waals surface area contributed by atoms with Crippen LogP contribution in [0.5, 0.6) is 0 Å². The number of benzene rings is 1. The lowest BCUT2D eigenvalue weighted by atomic mass is 10.2. The summed E-state index contributed by atoms with van der Waals surface area (Å²) in [6.07, 6.45) is 0. The van der Waals surface area contributed by atoms with Crippen LogP contribution in [-0.4, -0.2) is 79.8 Å². The molecule has 0 unspecified atom stereocenters. The van der Waals surface area contributed by atoms with Crippen LogP contribution < -0.4 is 5.32 Å². The van der Waals surface area contributed by atoms with Crippen LogP contribution in [0.1, 0.15) is 6.92 Å². The Kier molecular flexibility index (Phi) is 6.11. The highest BCUT2D eigenvalue weighted by Crippen LogP contribution is 2.28. The lowest BCUT2D eigenvalue weighted by Gasteiger charge is -2.37. The Balaban J connectivity index is 1.66. The summed E-state index contributed by atoms with van der Waals surface area (Å²) >= 11 is 9.37. The summed E-state index contributed by atoms with van der Waals surface area (Å²) in [6.45, 7) is 3.85. The minimum Gasteiger partial charge on any atom is -0.336 e. The summed E-state index contributed by atoms with van der Waals surface area (Å²) < 4.78 is 27.8. The number of halogens is 2. The fourth-order valence-electron chi connectivity index (χ4n) is 3.22. The molecule has 2 fully saturated rings. The van der Waals surface area contributed by atoms with Gasteiger partial charge < -0.3 is 5.32 Å². The van der Waals surface area contributed by atoms with E-state index in [1.165, 1.54) is 15.3 Å². The van der Waals surface area contributed by atoms with E-state index in [-0.39, 0.29) is 34.9 Å². The maximum absolute atomic E-state index is 12.9. The predicted octanol–water partition coefficient (Wildman–Crippen LogP) is 1.35. The molecule has 2 aliphatic heterocycles. The van der Waals surface area contributed by atoms with Gasteiger partial charge in [0.05, 0.1) is 11.1 Å². The zero-order valence-electron chi connectivity index (χ0n) is 14.7. The van der Waals surface area contributed by atoms with E-state index in [4.69, 9.17) is 11.6 Å². The maximum atomic E-state index is 12.9. The highest BCUT2D eigenvalue weighted by atomic mass is 79.9. The normalized spacial score (nSPS) is 20.6. The number of urea groups is 1. The molecule has 0 bridgehead atoms. The second-order valence-electron chi connectivity index (χ2n) is 6.41. The molecule has 1 atom stereocenters. The third kappa shape index (κ3) is 4.14. The summed E-state index contributed by atoms with van der Waals surface area (Å²) in [5.74, 6) is -0.266. The van der Waals surface area contributed by atoms with Crippen molar-refractivity contribution in [3.05, 3.63) is 27.7 Å². The summed E-state index contributed by atoms with van der Waals surface area (Å²) in [5, 5.41) is 2.77. The second-order valence-corrected chi connectivity index (χ2v) is 9.64. The summed E-state index contributed by atoms with van der Waals surface area (Å²) in [6, 6.07) is 3.79. The van der Waals surface area contributed by atoms with Gasteiger partial charge in [0.15, 0.2) is 0 Å². The van der Waals surface area contributed by atoms with Crippen molar-refractivity contribution < 1.29 is 18.0 Å². The third-order valence-electron chi connectivity index (χ3n) is 4.81. The first kappa shape index (κ1) is 20.5. The van der Waals surface area contributed by atoms with Crippen LogP contribution in [0.2, 0.25) is 5.02 Å². The number of imide groups is 1. The maximum Gasteiger partial charge on any atom is 0.324 e. The number of hydrogen-bond donors (Lipinski definition) is 1. The van der Waals surface area contributed by atoms with E-state index in [1.54, 1.807) is 19.1 Å². The zero-order valence-corrected chi connectivity index (χ0v) is 17.8. The third-order valence-corrected chi connectivity index (χ3v) is 7.69. The number of sulfonamides is 1. The molecule has 1 aromatic rings. The first-order valence-electron chi connectivity index (χ1n) is 8.50. The highest BCUT2D eigenvalue weighted by molar-refractivity contribution is 9.10. The number of piperazine rings is 1. The molecule has 27 heavy (non-hydrogen) atoms. The van der Waals surface area contributed by atoms with E-state index < -0.39 is 16.1 Å². The van der Waals surface area contributed by atoms with Crippen molar-refractivity contribution in [2.45, 2.75) is 17.9 Å². The van der Waals surface area contributed by atoms with Crippen molar-refractivity contribution in [3.8, 4) is 0 Å². The van der Waals surface area contributed by atoms with Crippen molar-refractivity contribution in [1.82, 2.24) is 19.4 Å². The number of nitrogens with one attached hydrogen (secondary N) is 1. The minimum atomic E-state index is -3.71. The van der Waals surface area contributed by atoms with Gasteiger partial charge in [0.25, 0.3) is 0 Å². The molecule has 0 spiro atoms. The number of nitrogens with zero attached hydrogens (tertiary/aromatic N) is 3. The Morgan fingerprint density at radius 2 is 1.89 bits per heavy atom. The number of carbonyl (C=O) groups excluding carboxylic acids is 2. The largest absolute Gasteiger partial charge is 0.336 e. The Morgan fingerprint density at radius 3 is 2.44 bits per heavy atom. The molecule has 11 heteroatoms. The van der Waals surface area contributed by atoms with Gasteiger partial charge in [-0.3, -0.25) is 14.6 Å². The SMILES string of the molecule is C[C@@H](C(=O)N1CCNC1=O)N1CCN(S(=O)(=O)c2ccc(Br)cc2Cl)CC1. The Bertz CT molecular complexity index is 858. The number of amides is 3. The molecule has 1 N–H and O–H groups in total. The van der Waals surface area contributed by atoms with Crippen LogP contribution in [0, 0.1) is 0 Å². The van der Waals surface area contributed by atoms with Crippen LogP contribution in [0.25, 0.3) is 0 Å². The van der Waals surface area contributed by atoms with Crippen LogP contribution in [0.4, 0.5) is 4.79 Å². The standard InChI is InChI=1S/C16H20BrClN4O4S/c1-11(15(23)22-5-4-19-16(22)24)20-6-8-21(9-7-20)27(25,26)14-3-2-12(17)10-13(14)18/h2-3,10-11H,4-9H2,1H3,(H,19,24)/t11-/m0/s1. The van der Waals surface area contributed by atoms with E-state index in [9.17, 15) is 18.0 Å². The topological polar surface area (TPSA) is 90.0 Å². The number of rotatable bonds is 4. The molecule has 1 aromatic carbocycles. The Hall–Kier alpha value is -1.20. The molecule has 0 aromatic heterocycles. The fraction of sp³-hybridized carbons (Fsp3) is 0.500. The van der Waals surface area contributed by atoms with Crippen molar-refractivity contribution in [3.63, 3.8) is 0 Å². The number of hydrogen-bond acceptors (Lipinski definition) is 5. The van der Waals surface area contributed by atoms with Gasteiger partial charge in [-0.2, -0.15) is 4.31 Å². The molecular formula is C16H20BrClN4O4S. The monoisotopic (exact) mass is 478 g/mol. The quantitative estimate of drug-likeness (QED) is 0.704.